The summed E-state index contributed by atoms with van der Waals surface area (Å²) in [4.78, 5) is 17.0. The highest BCUT2D eigenvalue weighted by Gasteiger charge is 2.22. The summed E-state index contributed by atoms with van der Waals surface area (Å²) in [5.41, 5.74) is 9.18. The molecule has 1 aliphatic carbocycles. The highest BCUT2D eigenvalue weighted by Crippen LogP contribution is 2.41. The van der Waals surface area contributed by atoms with E-state index in [1.165, 1.54) is 31.7 Å². The molecule has 0 unspecified atom stereocenters. The predicted octanol–water partition coefficient (Wildman–Crippen LogP) is 12.7. The first-order chi connectivity index (χ1) is 27.3. The Morgan fingerprint density at radius 1 is 0.545 bits per heavy atom. The zero-order valence-electron chi connectivity index (χ0n) is 29.8. The first kappa shape index (κ1) is 31.9. The van der Waals surface area contributed by atoms with Gasteiger partial charge in [-0.15, -0.1) is 11.3 Å². The Bertz CT molecular complexity index is 3090. The van der Waals surface area contributed by atoms with Crippen LogP contribution in [0.1, 0.15) is 28.0 Å². The fraction of sp³-hybridized carbons (Fsp3) is 0.0816. The molecule has 9 aromatic rings. The minimum Gasteiger partial charge on any atom is -0.489 e. The number of hydrogen-bond acceptors (Lipinski definition) is 6. The van der Waals surface area contributed by atoms with Gasteiger partial charge >= 0.3 is 0 Å². The van der Waals surface area contributed by atoms with E-state index in [1.54, 1.807) is 0 Å². The molecule has 1 aliphatic heterocycles. The van der Waals surface area contributed by atoms with Crippen LogP contribution in [0.4, 0.5) is 0 Å². The normalized spacial score (nSPS) is 14.0. The highest BCUT2D eigenvalue weighted by atomic mass is 32.1. The molecule has 0 amide bonds. The number of rotatable bonds is 4. The summed E-state index contributed by atoms with van der Waals surface area (Å²) >= 11 is 1.89. The largest absolute Gasteiger partial charge is 0.489 e. The van der Waals surface area contributed by atoms with Gasteiger partial charge in [-0.25, -0.2) is 15.0 Å². The number of benzene rings is 6. The number of fused-ring (bicyclic) bond motifs is 8. The lowest BCUT2D eigenvalue weighted by molar-refractivity contribution is 0.360. The second kappa shape index (κ2) is 13.0. The minimum atomic E-state index is 0.440. The van der Waals surface area contributed by atoms with Crippen molar-refractivity contribution in [3.05, 3.63) is 167 Å². The van der Waals surface area contributed by atoms with Crippen molar-refractivity contribution in [2.45, 2.75) is 19.3 Å². The lowest BCUT2D eigenvalue weighted by atomic mass is 9.97. The number of furan rings is 1. The fourth-order valence-corrected chi connectivity index (χ4v) is 9.54. The number of thiophene rings is 1. The zero-order chi connectivity index (χ0) is 36.3. The molecule has 3 aromatic heterocycles. The molecule has 6 aromatic carbocycles. The van der Waals surface area contributed by atoms with Crippen molar-refractivity contribution in [3.63, 3.8) is 0 Å². The number of aryl methyl sites for hydroxylation is 1. The van der Waals surface area contributed by atoms with Crippen LogP contribution in [0, 0.1) is 0 Å². The third kappa shape index (κ3) is 5.40. The maximum Gasteiger partial charge on any atom is 0.167 e. The molecule has 0 fully saturated rings. The van der Waals surface area contributed by atoms with Gasteiger partial charge in [0.05, 0.1) is 5.56 Å². The van der Waals surface area contributed by atoms with Crippen LogP contribution < -0.4 is 4.74 Å². The van der Waals surface area contributed by atoms with Crippen molar-refractivity contribution in [1.82, 2.24) is 15.0 Å². The number of ether oxygens (including phenoxy) is 1. The molecule has 5 nitrogen and oxygen atoms in total. The molecule has 11 rings (SSSR count). The predicted molar refractivity (Wildman–Crippen MR) is 226 cm³/mol. The Labute approximate surface area is 321 Å². The second-order valence-corrected chi connectivity index (χ2v) is 15.1. The average Bonchev–Trinajstić information content (AvgIpc) is 3.84. The first-order valence-corrected chi connectivity index (χ1v) is 19.6. The molecule has 0 radical (unpaired) electrons. The van der Waals surface area contributed by atoms with Crippen molar-refractivity contribution < 1.29 is 9.15 Å². The van der Waals surface area contributed by atoms with Crippen molar-refractivity contribution in [2.75, 3.05) is 6.61 Å². The smallest absolute Gasteiger partial charge is 0.167 e. The van der Waals surface area contributed by atoms with E-state index in [2.05, 4.69) is 115 Å². The third-order valence-corrected chi connectivity index (χ3v) is 12.1. The van der Waals surface area contributed by atoms with Gasteiger partial charge in [0.1, 0.15) is 23.5 Å². The molecule has 0 bridgehead atoms. The number of aromatic nitrogens is 3. The molecular formula is C49H33N3O2S. The number of nitrogens with zero attached hydrogens (tertiary/aromatic N) is 3. The summed E-state index contributed by atoms with van der Waals surface area (Å²) in [6, 6.07) is 41.8. The molecule has 2 aliphatic rings. The Kier molecular flexibility index (Phi) is 7.55. The van der Waals surface area contributed by atoms with Gasteiger partial charge in [0.25, 0.3) is 0 Å². The summed E-state index contributed by atoms with van der Waals surface area (Å²) in [6.07, 6.45) is 14.1. The van der Waals surface area contributed by atoms with Gasteiger partial charge < -0.3 is 9.15 Å². The molecule has 55 heavy (non-hydrogen) atoms. The van der Waals surface area contributed by atoms with E-state index in [0.29, 0.717) is 30.5 Å². The van der Waals surface area contributed by atoms with Gasteiger partial charge in [-0.3, -0.25) is 0 Å². The van der Waals surface area contributed by atoms with E-state index in [-0.39, 0.29) is 0 Å². The first-order valence-electron chi connectivity index (χ1n) is 18.7. The SMILES string of the molecule is C1=Cc2sc3c(C4=CCOc5cccc(-c6nc(-c7cccc8ccccc78)nc(-c7cccc8c7oc7ccccc78)n6)c5CC=C4)cccc3c2CC1. The standard InChI is InChI=1S/C49H33N3O2S/c1-2-15-32-30(12-1)13-8-22-39(32)47-50-48(52-49(51-47)41-24-10-20-37-34-16-3-5-25-43(34)54-45(37)41)40-23-11-26-42-35(40)19-7-14-31(28-29-53-42)33-18-9-21-38-36-17-4-6-27-44(36)55-46(33)38/h1-3,5-16,18,20-28H,4,17,19,29H2. The molecule has 6 heteroatoms. The number of hydrogen-bond donors (Lipinski definition) is 0. The van der Waals surface area contributed by atoms with E-state index >= 15 is 0 Å². The number of allylic oxidation sites excluding steroid dienone is 4. The van der Waals surface area contributed by atoms with Gasteiger partial charge in [-0.1, -0.05) is 121 Å². The molecular weight excluding hydrogens is 695 g/mol. The summed E-state index contributed by atoms with van der Waals surface area (Å²) in [7, 11) is 0. The summed E-state index contributed by atoms with van der Waals surface area (Å²) < 4.78 is 14.4. The van der Waals surface area contributed by atoms with E-state index < -0.39 is 0 Å². The van der Waals surface area contributed by atoms with Gasteiger partial charge in [0.15, 0.2) is 17.5 Å². The summed E-state index contributed by atoms with van der Waals surface area (Å²) in [5, 5.41) is 5.67. The van der Waals surface area contributed by atoms with Crippen LogP contribution in [0.25, 0.3) is 88.6 Å². The van der Waals surface area contributed by atoms with Crippen molar-refractivity contribution in [1.29, 1.82) is 0 Å². The molecule has 0 saturated carbocycles. The quantitative estimate of drug-likeness (QED) is 0.181. The van der Waals surface area contributed by atoms with Crippen molar-refractivity contribution >= 4 is 65.8 Å². The van der Waals surface area contributed by atoms with Crippen LogP contribution in [-0.2, 0) is 12.8 Å². The molecule has 0 atom stereocenters. The lowest BCUT2D eigenvalue weighted by Gasteiger charge is -2.15. The zero-order valence-corrected chi connectivity index (χ0v) is 30.6. The molecule has 262 valence electrons. The fourth-order valence-electron chi connectivity index (χ4n) is 8.22. The third-order valence-electron chi connectivity index (χ3n) is 10.8. The van der Waals surface area contributed by atoms with E-state index in [0.717, 1.165) is 73.6 Å². The van der Waals surface area contributed by atoms with Gasteiger partial charge in [0.2, 0.25) is 0 Å². The topological polar surface area (TPSA) is 61.0 Å². The minimum absolute atomic E-state index is 0.440. The summed E-state index contributed by atoms with van der Waals surface area (Å²) in [6.45, 7) is 0.440. The van der Waals surface area contributed by atoms with Crippen LogP contribution in [0.2, 0.25) is 0 Å². The highest BCUT2D eigenvalue weighted by molar-refractivity contribution is 7.20. The Morgan fingerprint density at radius 3 is 2.16 bits per heavy atom. The summed E-state index contributed by atoms with van der Waals surface area (Å²) in [5.74, 6) is 2.57. The van der Waals surface area contributed by atoms with Crippen LogP contribution in [0.15, 0.2) is 150 Å². The van der Waals surface area contributed by atoms with Gasteiger partial charge in [-0.05, 0) is 82.5 Å². The Hall–Kier alpha value is -6.63. The van der Waals surface area contributed by atoms with Crippen LogP contribution in [0.5, 0.6) is 5.75 Å². The molecule has 0 N–H and O–H groups in total. The van der Waals surface area contributed by atoms with E-state index in [4.69, 9.17) is 24.1 Å². The second-order valence-electron chi connectivity index (χ2n) is 14.0. The Balaban J connectivity index is 1.06. The van der Waals surface area contributed by atoms with Crippen LogP contribution in [-0.4, -0.2) is 21.6 Å². The molecule has 0 saturated heterocycles. The number of para-hydroxylation sites is 2. The lowest BCUT2D eigenvalue weighted by Crippen LogP contribution is -2.04. The van der Waals surface area contributed by atoms with Crippen LogP contribution >= 0.6 is 11.3 Å². The monoisotopic (exact) mass is 727 g/mol. The maximum atomic E-state index is 6.58. The van der Waals surface area contributed by atoms with E-state index in [9.17, 15) is 0 Å². The maximum absolute atomic E-state index is 6.58. The molecule has 4 heterocycles. The average molecular weight is 728 g/mol. The molecule has 0 spiro atoms. The van der Waals surface area contributed by atoms with Crippen LogP contribution in [0.3, 0.4) is 0 Å². The van der Waals surface area contributed by atoms with Crippen molar-refractivity contribution in [2.24, 2.45) is 0 Å². The van der Waals surface area contributed by atoms with Crippen molar-refractivity contribution in [3.8, 4) is 39.9 Å². The Morgan fingerprint density at radius 2 is 1.24 bits per heavy atom. The van der Waals surface area contributed by atoms with Gasteiger partial charge in [0, 0.05) is 37.0 Å². The van der Waals surface area contributed by atoms with Gasteiger partial charge in [-0.2, -0.15) is 0 Å². The van der Waals surface area contributed by atoms with E-state index in [1.807, 2.05) is 47.7 Å².